The van der Waals surface area contributed by atoms with E-state index in [4.69, 9.17) is 16.1 Å². The van der Waals surface area contributed by atoms with E-state index in [9.17, 15) is 8.78 Å². The number of hydrogen-bond acceptors (Lipinski definition) is 4. The number of aromatic nitrogens is 1. The summed E-state index contributed by atoms with van der Waals surface area (Å²) in [6.45, 7) is -0.575. The molecule has 0 bridgehead atoms. The van der Waals surface area contributed by atoms with Crippen molar-refractivity contribution >= 4 is 0 Å². The highest BCUT2D eigenvalue weighted by Gasteiger charge is 2.18. The van der Waals surface area contributed by atoms with Gasteiger partial charge < -0.3 is 10.8 Å². The third-order valence-corrected chi connectivity index (χ3v) is 1.88. The number of pyridine rings is 1. The Morgan fingerprint density at radius 3 is 2.67 bits per heavy atom. The maximum absolute atomic E-state index is 12.5. The zero-order chi connectivity index (χ0) is 11.4. The Morgan fingerprint density at radius 2 is 2.27 bits per heavy atom. The lowest BCUT2D eigenvalue weighted by molar-refractivity contribution is 0.150. The van der Waals surface area contributed by atoms with Gasteiger partial charge in [-0.05, 0) is 6.07 Å². The largest absolute Gasteiger partial charge is 0.390 e. The fourth-order valence-corrected chi connectivity index (χ4v) is 1.21. The minimum atomic E-state index is -2.78. The summed E-state index contributed by atoms with van der Waals surface area (Å²) in [7, 11) is 0. The van der Waals surface area contributed by atoms with Crippen LogP contribution in [-0.2, 0) is 13.2 Å². The predicted molar refractivity (Wildman–Crippen MR) is 47.7 cm³/mol. The number of hydrogen-bond donors (Lipinski definition) is 2. The molecule has 0 unspecified atom stereocenters. The average molecular weight is 213 g/mol. The molecule has 0 aliphatic heterocycles. The summed E-state index contributed by atoms with van der Waals surface area (Å²) in [5.74, 6) is 0. The number of alkyl halides is 2. The summed E-state index contributed by atoms with van der Waals surface area (Å²) in [4.78, 5) is 3.79. The van der Waals surface area contributed by atoms with Gasteiger partial charge in [-0.1, -0.05) is 0 Å². The summed E-state index contributed by atoms with van der Waals surface area (Å²) in [6.07, 6.45) is -2.78. The Hall–Kier alpha value is -1.58. The first-order valence-corrected chi connectivity index (χ1v) is 4.15. The van der Waals surface area contributed by atoms with E-state index in [0.717, 1.165) is 6.07 Å². The van der Waals surface area contributed by atoms with E-state index in [1.54, 1.807) is 6.07 Å². The maximum Gasteiger partial charge on any atom is 0.265 e. The van der Waals surface area contributed by atoms with E-state index in [1.807, 2.05) is 0 Å². The first-order chi connectivity index (χ1) is 7.13. The fourth-order valence-electron chi connectivity index (χ4n) is 1.21. The van der Waals surface area contributed by atoms with Gasteiger partial charge in [0.15, 0.2) is 0 Å². The number of aliphatic hydroxyl groups is 1. The van der Waals surface area contributed by atoms with Crippen LogP contribution in [0, 0.1) is 11.3 Å². The van der Waals surface area contributed by atoms with Crippen LogP contribution in [0.1, 0.15) is 28.9 Å². The lowest BCUT2D eigenvalue weighted by Gasteiger charge is -2.08. The van der Waals surface area contributed by atoms with Crippen LogP contribution in [0.5, 0.6) is 0 Å². The first-order valence-electron chi connectivity index (χ1n) is 4.15. The van der Waals surface area contributed by atoms with Crippen molar-refractivity contribution in [3.63, 3.8) is 0 Å². The Balaban J connectivity index is 3.41. The molecule has 1 aromatic rings. The second-order valence-electron chi connectivity index (χ2n) is 2.80. The van der Waals surface area contributed by atoms with Crippen LogP contribution in [0.15, 0.2) is 6.07 Å². The summed E-state index contributed by atoms with van der Waals surface area (Å²) < 4.78 is 25.1. The topological polar surface area (TPSA) is 82.9 Å². The molecule has 0 amide bonds. The van der Waals surface area contributed by atoms with Crippen molar-refractivity contribution in [1.29, 1.82) is 5.26 Å². The number of nitrogens with zero attached hydrogens (tertiary/aromatic N) is 2. The quantitative estimate of drug-likeness (QED) is 0.779. The molecule has 3 N–H and O–H groups in total. The summed E-state index contributed by atoms with van der Waals surface area (Å²) in [5, 5.41) is 17.5. The van der Waals surface area contributed by atoms with Gasteiger partial charge in [0.25, 0.3) is 6.43 Å². The fraction of sp³-hybridized carbons (Fsp3) is 0.333. The number of rotatable bonds is 3. The standard InChI is InChI=1S/C9H9F2N3O/c10-9(11)6-1-5(4-15)14-8(3-13)7(6)2-12/h1,9,15H,3-4,13H2. The molecule has 80 valence electrons. The summed E-state index contributed by atoms with van der Waals surface area (Å²) in [6, 6.07) is 2.66. The van der Waals surface area contributed by atoms with Crippen LogP contribution in [0.4, 0.5) is 8.78 Å². The molecule has 0 atom stereocenters. The molecule has 4 nitrogen and oxygen atoms in total. The highest BCUT2D eigenvalue weighted by molar-refractivity contribution is 5.43. The number of halogens is 2. The Labute approximate surface area is 85.0 Å². The molecule has 0 aromatic carbocycles. The molecule has 0 radical (unpaired) electrons. The van der Waals surface area contributed by atoms with Gasteiger partial charge in [-0.2, -0.15) is 5.26 Å². The normalized spacial score (nSPS) is 10.4. The van der Waals surface area contributed by atoms with Crippen molar-refractivity contribution in [3.05, 3.63) is 28.6 Å². The van der Waals surface area contributed by atoms with E-state index < -0.39 is 18.6 Å². The van der Waals surface area contributed by atoms with E-state index in [2.05, 4.69) is 4.98 Å². The summed E-state index contributed by atoms with van der Waals surface area (Å²) >= 11 is 0. The minimum absolute atomic E-state index is 0.0827. The zero-order valence-electron chi connectivity index (χ0n) is 7.74. The molecule has 0 aliphatic rings. The first kappa shape index (κ1) is 11.5. The monoisotopic (exact) mass is 213 g/mol. The second kappa shape index (κ2) is 4.77. The molecular weight excluding hydrogens is 204 g/mol. The molecule has 0 spiro atoms. The molecule has 15 heavy (non-hydrogen) atoms. The van der Waals surface area contributed by atoms with Crippen molar-refractivity contribution in [2.75, 3.05) is 0 Å². The predicted octanol–water partition coefficient (Wildman–Crippen LogP) is 0.842. The van der Waals surface area contributed by atoms with Crippen molar-refractivity contribution < 1.29 is 13.9 Å². The number of aliphatic hydroxyl groups excluding tert-OH is 1. The van der Waals surface area contributed by atoms with Crippen molar-refractivity contribution in [2.24, 2.45) is 5.73 Å². The molecule has 0 saturated heterocycles. The molecule has 0 aliphatic carbocycles. The van der Waals surface area contributed by atoms with Crippen LogP contribution in [-0.4, -0.2) is 10.1 Å². The third kappa shape index (κ3) is 2.26. The van der Waals surface area contributed by atoms with E-state index in [0.29, 0.717) is 0 Å². The SMILES string of the molecule is N#Cc1c(C(F)F)cc(CO)nc1CN. The summed E-state index contributed by atoms with van der Waals surface area (Å²) in [5.41, 5.74) is 4.81. The third-order valence-electron chi connectivity index (χ3n) is 1.88. The molecule has 0 saturated carbocycles. The molecule has 1 rings (SSSR count). The Morgan fingerprint density at radius 1 is 1.60 bits per heavy atom. The number of nitrogens with two attached hydrogens (primary N) is 1. The van der Waals surface area contributed by atoms with Crippen molar-refractivity contribution in [3.8, 4) is 6.07 Å². The average Bonchev–Trinajstić information content (AvgIpc) is 2.26. The van der Waals surface area contributed by atoms with Crippen LogP contribution in [0.25, 0.3) is 0 Å². The van der Waals surface area contributed by atoms with Crippen LogP contribution >= 0.6 is 0 Å². The smallest absolute Gasteiger partial charge is 0.265 e. The van der Waals surface area contributed by atoms with Gasteiger partial charge >= 0.3 is 0 Å². The lowest BCUT2D eigenvalue weighted by Crippen LogP contribution is -2.08. The van der Waals surface area contributed by atoms with Crippen LogP contribution < -0.4 is 5.73 Å². The van der Waals surface area contributed by atoms with Gasteiger partial charge in [0.1, 0.15) is 6.07 Å². The lowest BCUT2D eigenvalue weighted by atomic mass is 10.1. The van der Waals surface area contributed by atoms with Gasteiger partial charge in [0.05, 0.1) is 23.6 Å². The van der Waals surface area contributed by atoms with Gasteiger partial charge in [-0.3, -0.25) is 4.98 Å². The molecular formula is C9H9F2N3O. The zero-order valence-corrected chi connectivity index (χ0v) is 7.74. The van der Waals surface area contributed by atoms with Crippen molar-refractivity contribution in [1.82, 2.24) is 4.98 Å². The second-order valence-corrected chi connectivity index (χ2v) is 2.80. The molecule has 1 heterocycles. The van der Waals surface area contributed by atoms with Gasteiger partial charge in [0.2, 0.25) is 0 Å². The van der Waals surface area contributed by atoms with Crippen LogP contribution in [0.2, 0.25) is 0 Å². The molecule has 1 aromatic heterocycles. The van der Waals surface area contributed by atoms with E-state index in [-0.39, 0.29) is 23.5 Å². The highest BCUT2D eigenvalue weighted by Crippen LogP contribution is 2.25. The Bertz CT molecular complexity index is 401. The van der Waals surface area contributed by atoms with Gasteiger partial charge in [-0.25, -0.2) is 8.78 Å². The van der Waals surface area contributed by atoms with Gasteiger partial charge in [-0.15, -0.1) is 0 Å². The van der Waals surface area contributed by atoms with E-state index >= 15 is 0 Å². The van der Waals surface area contributed by atoms with Gasteiger partial charge in [0, 0.05) is 12.1 Å². The van der Waals surface area contributed by atoms with Crippen molar-refractivity contribution in [2.45, 2.75) is 19.6 Å². The van der Waals surface area contributed by atoms with Crippen LogP contribution in [0.3, 0.4) is 0 Å². The molecule has 0 fully saturated rings. The number of nitriles is 1. The Kier molecular flexibility index (Phi) is 3.66. The molecule has 6 heteroatoms. The minimum Gasteiger partial charge on any atom is -0.390 e. The van der Waals surface area contributed by atoms with E-state index in [1.165, 1.54) is 0 Å². The highest BCUT2D eigenvalue weighted by atomic mass is 19.3. The maximum atomic E-state index is 12.5.